The molecular weight excluding hydrogens is 226 g/mol. The van der Waals surface area contributed by atoms with Crippen LogP contribution in [0.2, 0.25) is 0 Å². The summed E-state index contributed by atoms with van der Waals surface area (Å²) in [4.78, 5) is 6.46. The molecule has 0 radical (unpaired) electrons. The highest BCUT2D eigenvalue weighted by Crippen LogP contribution is 2.16. The number of pyridine rings is 1. The van der Waals surface area contributed by atoms with Crippen molar-refractivity contribution in [1.82, 2.24) is 10.3 Å². The molecule has 0 aromatic carbocycles. The SMILES string of the molecule is C=CCN(CCO)c1ncccc1CNCCC. The van der Waals surface area contributed by atoms with E-state index in [9.17, 15) is 0 Å². The fraction of sp³-hybridized carbons (Fsp3) is 0.500. The molecule has 0 amide bonds. The molecule has 0 spiro atoms. The summed E-state index contributed by atoms with van der Waals surface area (Å²) in [6.07, 6.45) is 4.72. The van der Waals surface area contributed by atoms with E-state index in [-0.39, 0.29) is 6.61 Å². The number of aromatic nitrogens is 1. The van der Waals surface area contributed by atoms with Gasteiger partial charge in [0.2, 0.25) is 0 Å². The van der Waals surface area contributed by atoms with Crippen LogP contribution in [-0.4, -0.2) is 36.3 Å². The highest BCUT2D eigenvalue weighted by atomic mass is 16.3. The van der Waals surface area contributed by atoms with Crippen molar-refractivity contribution in [2.45, 2.75) is 19.9 Å². The molecule has 1 aromatic rings. The second kappa shape index (κ2) is 8.66. The van der Waals surface area contributed by atoms with Gasteiger partial charge in [-0.25, -0.2) is 4.98 Å². The number of aliphatic hydroxyl groups excluding tert-OH is 1. The van der Waals surface area contributed by atoms with E-state index < -0.39 is 0 Å². The molecule has 1 aromatic heterocycles. The fourth-order valence-electron chi connectivity index (χ4n) is 1.81. The van der Waals surface area contributed by atoms with Crippen LogP contribution in [0, 0.1) is 0 Å². The largest absolute Gasteiger partial charge is 0.395 e. The van der Waals surface area contributed by atoms with Crippen LogP contribution in [-0.2, 0) is 6.54 Å². The first-order valence-electron chi connectivity index (χ1n) is 6.44. The molecule has 4 nitrogen and oxygen atoms in total. The Labute approximate surface area is 109 Å². The van der Waals surface area contributed by atoms with Crippen molar-refractivity contribution in [2.75, 3.05) is 31.1 Å². The smallest absolute Gasteiger partial charge is 0.133 e. The quantitative estimate of drug-likeness (QED) is 0.515. The van der Waals surface area contributed by atoms with Gasteiger partial charge in [-0.2, -0.15) is 0 Å². The predicted octanol–water partition coefficient (Wildman–Crippen LogP) is 1.57. The molecule has 100 valence electrons. The lowest BCUT2D eigenvalue weighted by Gasteiger charge is -2.23. The van der Waals surface area contributed by atoms with Crippen LogP contribution in [0.4, 0.5) is 5.82 Å². The summed E-state index contributed by atoms with van der Waals surface area (Å²) >= 11 is 0. The van der Waals surface area contributed by atoms with Gasteiger partial charge in [0.25, 0.3) is 0 Å². The molecule has 4 heteroatoms. The average Bonchev–Trinajstić information content (AvgIpc) is 2.39. The van der Waals surface area contributed by atoms with Crippen molar-refractivity contribution < 1.29 is 5.11 Å². The van der Waals surface area contributed by atoms with E-state index in [4.69, 9.17) is 5.11 Å². The van der Waals surface area contributed by atoms with Gasteiger partial charge in [0.15, 0.2) is 0 Å². The highest BCUT2D eigenvalue weighted by molar-refractivity contribution is 5.47. The summed E-state index contributed by atoms with van der Waals surface area (Å²) in [6, 6.07) is 4.01. The van der Waals surface area contributed by atoms with Crippen molar-refractivity contribution >= 4 is 5.82 Å². The summed E-state index contributed by atoms with van der Waals surface area (Å²) in [5.41, 5.74) is 1.15. The van der Waals surface area contributed by atoms with Gasteiger partial charge in [-0.05, 0) is 19.0 Å². The molecule has 2 N–H and O–H groups in total. The van der Waals surface area contributed by atoms with Crippen molar-refractivity contribution in [3.63, 3.8) is 0 Å². The lowest BCUT2D eigenvalue weighted by molar-refractivity contribution is 0.302. The third kappa shape index (κ3) is 4.47. The molecule has 0 aliphatic carbocycles. The molecule has 0 bridgehead atoms. The number of nitrogens with zero attached hydrogens (tertiary/aromatic N) is 2. The average molecular weight is 249 g/mol. The van der Waals surface area contributed by atoms with E-state index in [2.05, 4.69) is 29.9 Å². The van der Waals surface area contributed by atoms with Crippen molar-refractivity contribution in [2.24, 2.45) is 0 Å². The third-order valence-corrected chi connectivity index (χ3v) is 2.63. The summed E-state index contributed by atoms with van der Waals surface area (Å²) in [7, 11) is 0. The topological polar surface area (TPSA) is 48.4 Å². The first-order valence-corrected chi connectivity index (χ1v) is 6.44. The highest BCUT2D eigenvalue weighted by Gasteiger charge is 2.10. The maximum absolute atomic E-state index is 9.11. The number of anilines is 1. The van der Waals surface area contributed by atoms with E-state index in [0.717, 1.165) is 30.9 Å². The van der Waals surface area contributed by atoms with Crippen LogP contribution in [0.15, 0.2) is 31.0 Å². The summed E-state index contributed by atoms with van der Waals surface area (Å²) < 4.78 is 0. The van der Waals surface area contributed by atoms with Gasteiger partial charge >= 0.3 is 0 Å². The number of aliphatic hydroxyl groups is 1. The van der Waals surface area contributed by atoms with Gasteiger partial charge in [0.05, 0.1) is 6.61 Å². The lowest BCUT2D eigenvalue weighted by Crippen LogP contribution is -2.29. The maximum atomic E-state index is 9.11. The summed E-state index contributed by atoms with van der Waals surface area (Å²) in [5, 5.41) is 12.5. The molecule has 0 saturated heterocycles. The van der Waals surface area contributed by atoms with Crippen molar-refractivity contribution in [3.05, 3.63) is 36.5 Å². The van der Waals surface area contributed by atoms with Crippen LogP contribution in [0.25, 0.3) is 0 Å². The Hall–Kier alpha value is -1.39. The first-order chi connectivity index (χ1) is 8.83. The van der Waals surface area contributed by atoms with E-state index in [1.54, 1.807) is 6.20 Å². The normalized spacial score (nSPS) is 10.3. The summed E-state index contributed by atoms with van der Waals surface area (Å²) in [6.45, 7) is 9.07. The predicted molar refractivity (Wildman–Crippen MR) is 75.7 cm³/mol. The lowest BCUT2D eigenvalue weighted by atomic mass is 10.2. The van der Waals surface area contributed by atoms with E-state index in [1.165, 1.54) is 0 Å². The number of nitrogens with one attached hydrogen (secondary N) is 1. The number of rotatable bonds is 9. The van der Waals surface area contributed by atoms with Crippen LogP contribution < -0.4 is 10.2 Å². The fourth-order valence-corrected chi connectivity index (χ4v) is 1.81. The summed E-state index contributed by atoms with van der Waals surface area (Å²) in [5.74, 6) is 0.926. The number of hydrogen-bond acceptors (Lipinski definition) is 4. The molecule has 0 aliphatic rings. The minimum absolute atomic E-state index is 0.117. The van der Waals surface area contributed by atoms with Gasteiger partial charge in [0, 0.05) is 31.4 Å². The Kier molecular flexibility index (Phi) is 7.06. The molecule has 0 saturated carbocycles. The Bertz CT molecular complexity index is 355. The molecule has 0 aliphatic heterocycles. The molecule has 0 atom stereocenters. The Morgan fingerprint density at radius 2 is 2.39 bits per heavy atom. The number of hydrogen-bond donors (Lipinski definition) is 2. The van der Waals surface area contributed by atoms with Gasteiger partial charge in [-0.3, -0.25) is 0 Å². The molecule has 0 unspecified atom stereocenters. The van der Waals surface area contributed by atoms with Gasteiger partial charge in [-0.15, -0.1) is 6.58 Å². The van der Waals surface area contributed by atoms with E-state index >= 15 is 0 Å². The van der Waals surface area contributed by atoms with Gasteiger partial charge < -0.3 is 15.3 Å². The van der Waals surface area contributed by atoms with Crippen LogP contribution in [0.5, 0.6) is 0 Å². The molecule has 1 rings (SSSR count). The molecule has 18 heavy (non-hydrogen) atoms. The second-order valence-corrected chi connectivity index (χ2v) is 4.12. The second-order valence-electron chi connectivity index (χ2n) is 4.12. The zero-order chi connectivity index (χ0) is 13.2. The standard InChI is InChI=1S/C14H23N3O/c1-3-7-15-12-13-6-5-8-16-14(13)17(9-4-2)10-11-18/h4-6,8,15,18H,2-3,7,9-12H2,1H3. The van der Waals surface area contributed by atoms with Gasteiger partial charge in [-0.1, -0.05) is 19.1 Å². The Morgan fingerprint density at radius 1 is 1.56 bits per heavy atom. The minimum atomic E-state index is 0.117. The van der Waals surface area contributed by atoms with Crippen LogP contribution in [0.1, 0.15) is 18.9 Å². The van der Waals surface area contributed by atoms with Crippen molar-refractivity contribution in [1.29, 1.82) is 0 Å². The molecular formula is C14H23N3O. The molecule has 0 fully saturated rings. The zero-order valence-electron chi connectivity index (χ0n) is 11.1. The van der Waals surface area contributed by atoms with E-state index in [0.29, 0.717) is 13.1 Å². The maximum Gasteiger partial charge on any atom is 0.133 e. The Morgan fingerprint density at radius 3 is 3.06 bits per heavy atom. The third-order valence-electron chi connectivity index (χ3n) is 2.63. The van der Waals surface area contributed by atoms with E-state index in [1.807, 2.05) is 17.0 Å². The zero-order valence-corrected chi connectivity index (χ0v) is 11.1. The monoisotopic (exact) mass is 249 g/mol. The minimum Gasteiger partial charge on any atom is -0.395 e. The van der Waals surface area contributed by atoms with Crippen molar-refractivity contribution in [3.8, 4) is 0 Å². The van der Waals surface area contributed by atoms with Crippen LogP contribution in [0.3, 0.4) is 0 Å². The molecule has 1 heterocycles. The van der Waals surface area contributed by atoms with Gasteiger partial charge in [0.1, 0.15) is 5.82 Å². The first kappa shape index (κ1) is 14.7. The Balaban J connectivity index is 2.80. The van der Waals surface area contributed by atoms with Crippen LogP contribution >= 0.6 is 0 Å².